The Hall–Kier alpha value is -1.30. The van der Waals surface area contributed by atoms with Crippen LogP contribution in [-0.4, -0.2) is 42.9 Å². The molecule has 0 aromatic heterocycles. The average Bonchev–Trinajstić information content (AvgIpc) is 3.11. The molecule has 2 aliphatic carbocycles. The highest BCUT2D eigenvalue weighted by atomic mass is 16.5. The lowest BCUT2D eigenvalue weighted by molar-refractivity contribution is -0.142. The number of carboxylic acid groups (broad SMARTS) is 1. The number of carbonyl (C=O) groups is 2. The number of hydrogen-bond donors (Lipinski definition) is 3. The molecule has 1 saturated heterocycles. The van der Waals surface area contributed by atoms with Crippen LogP contribution in [-0.2, 0) is 9.53 Å². The molecule has 6 nitrogen and oxygen atoms in total. The maximum atomic E-state index is 11.9. The Labute approximate surface area is 118 Å². The van der Waals surface area contributed by atoms with Gasteiger partial charge in [0.2, 0.25) is 0 Å². The fraction of sp³-hybridized carbons (Fsp3) is 0.857. The molecule has 3 N–H and O–H groups in total. The summed E-state index contributed by atoms with van der Waals surface area (Å²) in [6, 6.07) is -0.693. The summed E-state index contributed by atoms with van der Waals surface area (Å²) >= 11 is 0. The molecule has 2 bridgehead atoms. The molecular weight excluding hydrogens is 260 g/mol. The molecule has 20 heavy (non-hydrogen) atoms. The monoisotopic (exact) mass is 282 g/mol. The number of aliphatic carboxylic acids is 1. The molecule has 6 heteroatoms. The normalized spacial score (nSPS) is 38.9. The molecule has 1 heterocycles. The number of fused-ring (bicyclic) bond motifs is 2. The molecule has 3 fully saturated rings. The maximum absolute atomic E-state index is 11.9. The topological polar surface area (TPSA) is 87.7 Å². The molecular formula is C14H22N2O4. The highest BCUT2D eigenvalue weighted by Gasteiger charge is 2.39. The summed E-state index contributed by atoms with van der Waals surface area (Å²) in [5.74, 6) is 0.704. The predicted molar refractivity (Wildman–Crippen MR) is 71.2 cm³/mol. The van der Waals surface area contributed by atoms with Gasteiger partial charge in [0, 0.05) is 6.54 Å². The Morgan fingerprint density at radius 3 is 2.70 bits per heavy atom. The van der Waals surface area contributed by atoms with E-state index in [1.807, 2.05) is 0 Å². The van der Waals surface area contributed by atoms with Crippen molar-refractivity contribution in [3.8, 4) is 0 Å². The third-order valence-corrected chi connectivity index (χ3v) is 5.12. The van der Waals surface area contributed by atoms with Crippen LogP contribution in [0.5, 0.6) is 0 Å². The second-order valence-electron chi connectivity index (χ2n) is 6.38. The molecule has 2 amide bonds. The molecule has 5 unspecified atom stereocenters. The Bertz CT molecular complexity index is 401. The van der Waals surface area contributed by atoms with Crippen molar-refractivity contribution < 1.29 is 19.4 Å². The van der Waals surface area contributed by atoms with Crippen LogP contribution in [0.3, 0.4) is 0 Å². The van der Waals surface area contributed by atoms with Crippen LogP contribution < -0.4 is 10.6 Å². The average molecular weight is 282 g/mol. The quantitative estimate of drug-likeness (QED) is 0.712. The Morgan fingerprint density at radius 1 is 1.20 bits per heavy atom. The zero-order valence-corrected chi connectivity index (χ0v) is 11.5. The molecule has 5 atom stereocenters. The third-order valence-electron chi connectivity index (χ3n) is 5.12. The lowest BCUT2D eigenvalue weighted by atomic mass is 9.89. The Balaban J connectivity index is 1.42. The van der Waals surface area contributed by atoms with Crippen molar-refractivity contribution in [2.24, 2.45) is 23.7 Å². The van der Waals surface area contributed by atoms with Gasteiger partial charge in [0.15, 0.2) is 0 Å². The first kappa shape index (κ1) is 13.7. The second-order valence-corrected chi connectivity index (χ2v) is 6.38. The minimum absolute atomic E-state index is 0.173. The van der Waals surface area contributed by atoms with E-state index < -0.39 is 17.9 Å². The van der Waals surface area contributed by atoms with Crippen LogP contribution in [0.15, 0.2) is 0 Å². The highest BCUT2D eigenvalue weighted by molar-refractivity contribution is 5.77. The summed E-state index contributed by atoms with van der Waals surface area (Å²) in [4.78, 5) is 22.9. The van der Waals surface area contributed by atoms with Gasteiger partial charge in [0.05, 0.1) is 19.3 Å². The van der Waals surface area contributed by atoms with Gasteiger partial charge in [0.1, 0.15) is 5.92 Å². The van der Waals surface area contributed by atoms with Crippen LogP contribution in [0.25, 0.3) is 0 Å². The summed E-state index contributed by atoms with van der Waals surface area (Å²) < 4.78 is 5.13. The standard InChI is InChI=1S/C14H22N2O4/c17-13(18)11-6-20-7-12(11)16-14(19)15-5-10-4-8-1-2-9(10)3-8/h8-12H,1-7H2,(H,17,18)(H2,15,16,19). The summed E-state index contributed by atoms with van der Waals surface area (Å²) in [6.07, 6.45) is 5.21. The van der Waals surface area contributed by atoms with Crippen LogP contribution in [0.1, 0.15) is 25.7 Å². The Kier molecular flexibility index (Phi) is 3.83. The maximum Gasteiger partial charge on any atom is 0.315 e. The van der Waals surface area contributed by atoms with Crippen LogP contribution in [0.2, 0.25) is 0 Å². The van der Waals surface area contributed by atoms with E-state index in [1.54, 1.807) is 0 Å². The van der Waals surface area contributed by atoms with Gasteiger partial charge in [-0.3, -0.25) is 4.79 Å². The van der Waals surface area contributed by atoms with E-state index in [0.29, 0.717) is 12.5 Å². The molecule has 0 aromatic rings. The Morgan fingerprint density at radius 2 is 2.05 bits per heavy atom. The zero-order valence-electron chi connectivity index (χ0n) is 11.5. The minimum Gasteiger partial charge on any atom is -0.481 e. The van der Waals surface area contributed by atoms with E-state index in [-0.39, 0.29) is 19.2 Å². The molecule has 2 saturated carbocycles. The molecule has 112 valence electrons. The number of urea groups is 1. The van der Waals surface area contributed by atoms with Crippen LogP contribution in [0.4, 0.5) is 4.79 Å². The van der Waals surface area contributed by atoms with Crippen molar-refractivity contribution in [1.82, 2.24) is 10.6 Å². The summed E-state index contributed by atoms with van der Waals surface area (Å²) in [5, 5.41) is 14.6. The number of carboxylic acids is 1. The first-order valence-corrected chi connectivity index (χ1v) is 7.48. The SMILES string of the molecule is O=C(NCC1CC2CCC1C2)NC1COCC1C(=O)O. The van der Waals surface area contributed by atoms with Gasteiger partial charge in [-0.15, -0.1) is 0 Å². The van der Waals surface area contributed by atoms with Crippen molar-refractivity contribution in [3.05, 3.63) is 0 Å². The van der Waals surface area contributed by atoms with E-state index in [0.717, 1.165) is 11.8 Å². The number of hydrogen-bond acceptors (Lipinski definition) is 3. The van der Waals surface area contributed by atoms with E-state index in [1.165, 1.54) is 25.7 Å². The molecule has 3 aliphatic rings. The summed E-state index contributed by atoms with van der Waals surface area (Å²) in [5.41, 5.74) is 0. The van der Waals surface area contributed by atoms with Crippen molar-refractivity contribution in [2.45, 2.75) is 31.7 Å². The van der Waals surface area contributed by atoms with Gasteiger partial charge in [0.25, 0.3) is 0 Å². The molecule has 0 spiro atoms. The van der Waals surface area contributed by atoms with Gasteiger partial charge >= 0.3 is 12.0 Å². The summed E-state index contributed by atoms with van der Waals surface area (Å²) in [7, 11) is 0. The summed E-state index contributed by atoms with van der Waals surface area (Å²) in [6.45, 7) is 1.16. The number of amides is 2. The van der Waals surface area contributed by atoms with Crippen LogP contribution >= 0.6 is 0 Å². The van der Waals surface area contributed by atoms with Crippen molar-refractivity contribution >= 4 is 12.0 Å². The van der Waals surface area contributed by atoms with Gasteiger partial charge in [-0.1, -0.05) is 6.42 Å². The largest absolute Gasteiger partial charge is 0.481 e. The fourth-order valence-corrected chi connectivity index (χ4v) is 4.01. The lowest BCUT2D eigenvalue weighted by Crippen LogP contribution is -2.48. The number of rotatable bonds is 4. The van der Waals surface area contributed by atoms with Gasteiger partial charge in [-0.2, -0.15) is 0 Å². The minimum atomic E-state index is -0.916. The fourth-order valence-electron chi connectivity index (χ4n) is 4.01. The van der Waals surface area contributed by atoms with Crippen molar-refractivity contribution in [3.63, 3.8) is 0 Å². The molecule has 1 aliphatic heterocycles. The first-order valence-electron chi connectivity index (χ1n) is 7.48. The van der Waals surface area contributed by atoms with E-state index >= 15 is 0 Å². The second kappa shape index (κ2) is 5.60. The molecule has 0 aromatic carbocycles. The van der Waals surface area contributed by atoms with E-state index in [4.69, 9.17) is 9.84 Å². The van der Waals surface area contributed by atoms with Gasteiger partial charge < -0.3 is 20.5 Å². The molecule has 0 radical (unpaired) electrons. The van der Waals surface area contributed by atoms with Crippen molar-refractivity contribution in [2.75, 3.05) is 19.8 Å². The smallest absolute Gasteiger partial charge is 0.315 e. The van der Waals surface area contributed by atoms with Gasteiger partial charge in [-0.25, -0.2) is 4.79 Å². The number of carbonyl (C=O) groups excluding carboxylic acids is 1. The first-order chi connectivity index (χ1) is 9.63. The van der Waals surface area contributed by atoms with E-state index in [9.17, 15) is 9.59 Å². The number of nitrogens with one attached hydrogen (secondary N) is 2. The van der Waals surface area contributed by atoms with Crippen molar-refractivity contribution in [1.29, 1.82) is 0 Å². The van der Waals surface area contributed by atoms with Crippen LogP contribution in [0, 0.1) is 23.7 Å². The zero-order chi connectivity index (χ0) is 14.1. The number of ether oxygens (including phenoxy) is 1. The van der Waals surface area contributed by atoms with E-state index in [2.05, 4.69) is 10.6 Å². The third kappa shape index (κ3) is 2.75. The molecule has 3 rings (SSSR count). The van der Waals surface area contributed by atoms with Gasteiger partial charge in [-0.05, 0) is 37.0 Å². The predicted octanol–water partition coefficient (Wildman–Crippen LogP) is 0.821. The highest BCUT2D eigenvalue weighted by Crippen LogP contribution is 2.47. The lowest BCUT2D eigenvalue weighted by Gasteiger charge is -2.23.